The third kappa shape index (κ3) is 30.0. The molecule has 0 N–H and O–H groups in total. The Balaban J connectivity index is 2.98. The van der Waals surface area contributed by atoms with Crippen LogP contribution in [-0.2, 0) is 0 Å². The first-order valence-electron chi connectivity index (χ1n) is 15.0. The van der Waals surface area contributed by atoms with Crippen molar-refractivity contribution in [1.29, 1.82) is 0 Å². The van der Waals surface area contributed by atoms with E-state index >= 15 is 0 Å². The minimum Gasteiger partial charge on any atom is -0.0533 e. The Hall–Kier alpha value is 0. The molecule has 0 aliphatic heterocycles. The molecule has 0 fully saturated rings. The maximum absolute atomic E-state index is 3.92. The van der Waals surface area contributed by atoms with Gasteiger partial charge in [-0.15, -0.1) is 0 Å². The fraction of sp³-hybridized carbons (Fsp3) is 0.935. The molecule has 0 saturated carbocycles. The van der Waals surface area contributed by atoms with Crippen LogP contribution in [0.2, 0.25) is 0 Å². The number of rotatable bonds is 28. The van der Waals surface area contributed by atoms with Gasteiger partial charge in [-0.2, -0.15) is 0 Å². The highest BCUT2D eigenvalue weighted by molar-refractivity contribution is 4.52. The molecule has 0 heteroatoms. The molecule has 0 aromatic heterocycles. The van der Waals surface area contributed by atoms with Gasteiger partial charge in [0.2, 0.25) is 0 Å². The lowest BCUT2D eigenvalue weighted by Crippen LogP contribution is -1.85. The zero-order chi connectivity index (χ0) is 22.5. The molecule has 0 aliphatic rings. The van der Waals surface area contributed by atoms with E-state index < -0.39 is 0 Å². The predicted octanol–water partition coefficient (Wildman–Crippen LogP) is 12.0. The van der Waals surface area contributed by atoms with Crippen LogP contribution in [0.15, 0.2) is 0 Å². The molecule has 0 rings (SSSR count). The zero-order valence-corrected chi connectivity index (χ0v) is 21.9. The summed E-state index contributed by atoms with van der Waals surface area (Å²) in [5, 5.41) is 0. The fourth-order valence-corrected chi connectivity index (χ4v) is 4.77. The molecule has 0 unspecified atom stereocenters. The van der Waals surface area contributed by atoms with Crippen molar-refractivity contribution in [3.63, 3.8) is 0 Å². The van der Waals surface area contributed by atoms with Crippen molar-refractivity contribution in [3.8, 4) is 0 Å². The highest BCUT2D eigenvalue weighted by Crippen LogP contribution is 2.16. The van der Waals surface area contributed by atoms with Crippen molar-refractivity contribution in [3.05, 3.63) is 13.8 Å². The number of hydrogen-bond acceptors (Lipinski definition) is 0. The molecule has 0 nitrogen and oxygen atoms in total. The van der Waals surface area contributed by atoms with E-state index in [2.05, 4.69) is 13.8 Å². The van der Waals surface area contributed by atoms with E-state index in [1.165, 1.54) is 173 Å². The Morgan fingerprint density at radius 3 is 0.355 bits per heavy atom. The third-order valence-corrected chi connectivity index (χ3v) is 7.00. The molecule has 31 heavy (non-hydrogen) atoms. The molecular formula is C31H62. The SMILES string of the molecule is [CH2]CCCCCCCCCCCCCCCCCCCCCCCCCCCCC[CH2]. The summed E-state index contributed by atoms with van der Waals surface area (Å²) < 4.78 is 0. The summed E-state index contributed by atoms with van der Waals surface area (Å²) in [5.74, 6) is 0. The first-order chi connectivity index (χ1) is 15.4. The predicted molar refractivity (Wildman–Crippen MR) is 145 cm³/mol. The maximum Gasteiger partial charge on any atom is -0.0533 e. The molecule has 0 amide bonds. The minimum atomic E-state index is 1.12. The number of unbranched alkanes of at least 4 members (excludes halogenated alkanes) is 28. The van der Waals surface area contributed by atoms with Crippen molar-refractivity contribution < 1.29 is 0 Å². The highest BCUT2D eigenvalue weighted by atomic mass is 14.0. The Labute approximate surface area is 200 Å². The molecule has 0 aliphatic carbocycles. The second-order valence-corrected chi connectivity index (χ2v) is 10.3. The zero-order valence-electron chi connectivity index (χ0n) is 21.9. The monoisotopic (exact) mass is 434 g/mol. The van der Waals surface area contributed by atoms with Gasteiger partial charge in [0, 0.05) is 0 Å². The van der Waals surface area contributed by atoms with Gasteiger partial charge in [0.25, 0.3) is 0 Å². The van der Waals surface area contributed by atoms with Gasteiger partial charge >= 0.3 is 0 Å². The summed E-state index contributed by atoms with van der Waals surface area (Å²) in [4.78, 5) is 0. The highest BCUT2D eigenvalue weighted by Gasteiger charge is 1.96. The van der Waals surface area contributed by atoms with E-state index in [1.807, 2.05) is 0 Å². The topological polar surface area (TPSA) is 0 Å². The summed E-state index contributed by atoms with van der Waals surface area (Å²) in [6.07, 6.45) is 41.7. The second-order valence-electron chi connectivity index (χ2n) is 10.3. The van der Waals surface area contributed by atoms with Gasteiger partial charge in [0.05, 0.1) is 0 Å². The molecule has 0 aromatic carbocycles. The van der Waals surface area contributed by atoms with Crippen LogP contribution in [0, 0.1) is 13.8 Å². The molecule has 0 atom stereocenters. The lowest BCUT2D eigenvalue weighted by molar-refractivity contribution is 0.514. The largest absolute Gasteiger partial charge is 0.0533 e. The first kappa shape index (κ1) is 31.0. The molecule has 2 radical (unpaired) electrons. The van der Waals surface area contributed by atoms with Crippen molar-refractivity contribution in [2.24, 2.45) is 0 Å². The van der Waals surface area contributed by atoms with Crippen molar-refractivity contribution >= 4 is 0 Å². The van der Waals surface area contributed by atoms with Gasteiger partial charge < -0.3 is 0 Å². The first-order valence-corrected chi connectivity index (χ1v) is 15.0. The van der Waals surface area contributed by atoms with Crippen LogP contribution in [-0.4, -0.2) is 0 Å². The van der Waals surface area contributed by atoms with E-state index in [0.717, 1.165) is 12.8 Å². The van der Waals surface area contributed by atoms with Crippen LogP contribution in [0.5, 0.6) is 0 Å². The van der Waals surface area contributed by atoms with Crippen molar-refractivity contribution in [1.82, 2.24) is 0 Å². The van der Waals surface area contributed by atoms with Gasteiger partial charge in [-0.3, -0.25) is 0 Å². The van der Waals surface area contributed by atoms with Crippen LogP contribution in [0.25, 0.3) is 0 Å². The van der Waals surface area contributed by atoms with E-state index in [1.54, 1.807) is 0 Å². The molecule has 0 saturated heterocycles. The lowest BCUT2D eigenvalue weighted by Gasteiger charge is -2.04. The van der Waals surface area contributed by atoms with Crippen molar-refractivity contribution in [2.45, 2.75) is 186 Å². The van der Waals surface area contributed by atoms with Gasteiger partial charge in [-0.25, -0.2) is 0 Å². The third-order valence-electron chi connectivity index (χ3n) is 7.00. The van der Waals surface area contributed by atoms with Gasteiger partial charge in [-0.05, 0) is 0 Å². The van der Waals surface area contributed by atoms with Crippen LogP contribution < -0.4 is 0 Å². The Morgan fingerprint density at radius 2 is 0.258 bits per heavy atom. The van der Waals surface area contributed by atoms with E-state index in [9.17, 15) is 0 Å². The standard InChI is InChI=1S/C31H62/c1-3-5-7-9-11-13-15-17-19-21-23-25-27-29-31-30-28-26-24-22-20-18-16-14-12-10-8-6-4-2/h1-31H2. The van der Waals surface area contributed by atoms with Crippen LogP contribution >= 0.6 is 0 Å². The van der Waals surface area contributed by atoms with Crippen LogP contribution in [0.3, 0.4) is 0 Å². The van der Waals surface area contributed by atoms with E-state index in [-0.39, 0.29) is 0 Å². The van der Waals surface area contributed by atoms with Gasteiger partial charge in [0.15, 0.2) is 0 Å². The van der Waals surface area contributed by atoms with E-state index in [4.69, 9.17) is 0 Å². The molecular weight excluding hydrogens is 372 g/mol. The molecule has 0 heterocycles. The molecule has 0 spiro atoms. The van der Waals surface area contributed by atoms with Crippen LogP contribution in [0.4, 0.5) is 0 Å². The molecule has 0 aromatic rings. The van der Waals surface area contributed by atoms with E-state index in [0.29, 0.717) is 0 Å². The number of hydrogen-bond donors (Lipinski definition) is 0. The van der Waals surface area contributed by atoms with Crippen molar-refractivity contribution in [2.75, 3.05) is 0 Å². The summed E-state index contributed by atoms with van der Waals surface area (Å²) in [7, 11) is 0. The van der Waals surface area contributed by atoms with Gasteiger partial charge in [-0.1, -0.05) is 200 Å². The van der Waals surface area contributed by atoms with Gasteiger partial charge in [0.1, 0.15) is 0 Å². The Kier molecular flexibility index (Phi) is 30.0. The van der Waals surface area contributed by atoms with Crippen LogP contribution in [0.1, 0.15) is 186 Å². The lowest BCUT2D eigenvalue weighted by atomic mass is 10.0. The second kappa shape index (κ2) is 30.0. The summed E-state index contributed by atoms with van der Waals surface area (Å²) in [6, 6.07) is 0. The maximum atomic E-state index is 3.92. The average molecular weight is 435 g/mol. The fourth-order valence-electron chi connectivity index (χ4n) is 4.77. The Bertz CT molecular complexity index is 254. The smallest absolute Gasteiger partial charge is 0.0533 e. The molecule has 0 bridgehead atoms. The normalized spacial score (nSPS) is 11.4. The minimum absolute atomic E-state index is 1.12. The summed E-state index contributed by atoms with van der Waals surface area (Å²) in [6.45, 7) is 7.84. The Morgan fingerprint density at radius 1 is 0.161 bits per heavy atom. The quantitative estimate of drug-likeness (QED) is 0.107. The molecule has 186 valence electrons. The summed E-state index contributed by atoms with van der Waals surface area (Å²) >= 11 is 0. The summed E-state index contributed by atoms with van der Waals surface area (Å²) in [5.41, 5.74) is 0. The average Bonchev–Trinajstić information content (AvgIpc) is 2.78.